The van der Waals surface area contributed by atoms with Gasteiger partial charge in [0.15, 0.2) is 9.03 Å². The lowest BCUT2D eigenvalue weighted by molar-refractivity contribution is -0.0367. The van der Waals surface area contributed by atoms with Crippen molar-refractivity contribution in [2.45, 2.75) is 85.1 Å². The SMILES string of the molecule is CC(C)NC(C)C.CC1(C)CC(C)(C)OPO1. The maximum Gasteiger partial charge on any atom is 0.156 e. The van der Waals surface area contributed by atoms with Gasteiger partial charge in [0.1, 0.15) is 0 Å². The molecule has 1 heterocycles. The summed E-state index contributed by atoms with van der Waals surface area (Å²) in [6.45, 7) is 17.0. The fraction of sp³-hybridized carbons (Fsp3) is 1.00. The minimum absolute atomic E-state index is 0.000193. The van der Waals surface area contributed by atoms with Crippen molar-refractivity contribution in [2.24, 2.45) is 0 Å². The van der Waals surface area contributed by atoms with E-state index in [0.717, 1.165) is 6.42 Å². The van der Waals surface area contributed by atoms with E-state index in [1.807, 2.05) is 0 Å². The lowest BCUT2D eigenvalue weighted by Gasteiger charge is -2.39. The molecule has 3 nitrogen and oxygen atoms in total. The van der Waals surface area contributed by atoms with Crippen LogP contribution in [0.15, 0.2) is 0 Å². The Bertz CT molecular complexity index is 195. The zero-order chi connectivity index (χ0) is 13.7. The van der Waals surface area contributed by atoms with E-state index in [-0.39, 0.29) is 20.2 Å². The topological polar surface area (TPSA) is 30.5 Å². The molecule has 1 aliphatic heterocycles. The smallest absolute Gasteiger partial charge is 0.156 e. The molecule has 0 spiro atoms. The van der Waals surface area contributed by atoms with Crippen LogP contribution in [0.1, 0.15) is 61.8 Å². The van der Waals surface area contributed by atoms with Crippen molar-refractivity contribution in [2.75, 3.05) is 0 Å². The maximum atomic E-state index is 5.41. The van der Waals surface area contributed by atoms with Crippen LogP contribution in [0.3, 0.4) is 0 Å². The van der Waals surface area contributed by atoms with E-state index in [4.69, 9.17) is 9.05 Å². The van der Waals surface area contributed by atoms with E-state index in [2.05, 4.69) is 60.7 Å². The molecule has 17 heavy (non-hydrogen) atoms. The van der Waals surface area contributed by atoms with Crippen molar-refractivity contribution in [3.63, 3.8) is 0 Å². The van der Waals surface area contributed by atoms with Crippen molar-refractivity contribution < 1.29 is 9.05 Å². The van der Waals surface area contributed by atoms with E-state index in [9.17, 15) is 0 Å². The van der Waals surface area contributed by atoms with E-state index in [0.29, 0.717) is 12.1 Å². The van der Waals surface area contributed by atoms with Crippen LogP contribution in [0.25, 0.3) is 0 Å². The third-order valence-corrected chi connectivity index (χ3v) is 3.43. The Morgan fingerprint density at radius 3 is 1.35 bits per heavy atom. The number of nitrogens with one attached hydrogen (secondary N) is 1. The Morgan fingerprint density at radius 2 is 1.24 bits per heavy atom. The normalized spacial score (nSPS) is 22.2. The van der Waals surface area contributed by atoms with E-state index >= 15 is 0 Å². The highest BCUT2D eigenvalue weighted by Gasteiger charge is 2.35. The van der Waals surface area contributed by atoms with Crippen molar-refractivity contribution in [3.05, 3.63) is 0 Å². The highest BCUT2D eigenvalue weighted by Crippen LogP contribution is 2.41. The molecule has 1 aliphatic rings. The van der Waals surface area contributed by atoms with Crippen LogP contribution in [0.4, 0.5) is 0 Å². The second kappa shape index (κ2) is 7.04. The molecule has 0 bridgehead atoms. The predicted octanol–water partition coefficient (Wildman–Crippen LogP) is 3.88. The first-order chi connectivity index (χ1) is 7.54. The van der Waals surface area contributed by atoms with Gasteiger partial charge in [0.2, 0.25) is 0 Å². The maximum absolute atomic E-state index is 5.41. The third kappa shape index (κ3) is 9.96. The molecule has 0 aromatic rings. The van der Waals surface area contributed by atoms with Gasteiger partial charge in [-0.05, 0) is 27.7 Å². The zero-order valence-corrected chi connectivity index (χ0v) is 13.7. The van der Waals surface area contributed by atoms with Gasteiger partial charge in [-0.2, -0.15) is 0 Å². The van der Waals surface area contributed by atoms with Gasteiger partial charge in [-0.25, -0.2) is 0 Å². The molecule has 0 saturated carbocycles. The fourth-order valence-electron chi connectivity index (χ4n) is 2.01. The molecule has 0 aromatic heterocycles. The summed E-state index contributed by atoms with van der Waals surface area (Å²) in [6.07, 6.45) is 0.965. The highest BCUT2D eigenvalue weighted by molar-refractivity contribution is 7.26. The van der Waals surface area contributed by atoms with Gasteiger partial charge >= 0.3 is 0 Å². The largest absolute Gasteiger partial charge is 0.330 e. The number of hydrogen-bond acceptors (Lipinski definition) is 3. The lowest BCUT2D eigenvalue weighted by Crippen LogP contribution is -2.38. The first kappa shape index (κ1) is 17.3. The molecule has 0 aliphatic carbocycles. The van der Waals surface area contributed by atoms with Crippen molar-refractivity contribution in [3.8, 4) is 0 Å². The minimum Gasteiger partial charge on any atom is -0.330 e. The molecule has 0 unspecified atom stereocenters. The van der Waals surface area contributed by atoms with Gasteiger partial charge in [0.05, 0.1) is 11.2 Å². The van der Waals surface area contributed by atoms with Gasteiger partial charge in [0, 0.05) is 18.5 Å². The Morgan fingerprint density at radius 1 is 0.882 bits per heavy atom. The lowest BCUT2D eigenvalue weighted by atomic mass is 9.93. The highest BCUT2D eigenvalue weighted by atomic mass is 31.1. The van der Waals surface area contributed by atoms with Crippen LogP contribution in [0.2, 0.25) is 0 Å². The second-order valence-electron chi connectivity index (χ2n) is 6.46. The first-order valence-corrected chi connectivity index (χ1v) is 7.23. The Labute approximate surface area is 109 Å². The average Bonchev–Trinajstić information content (AvgIpc) is 1.95. The first-order valence-electron chi connectivity index (χ1n) is 6.41. The molecule has 0 amide bonds. The van der Waals surface area contributed by atoms with Crippen LogP contribution in [0.5, 0.6) is 0 Å². The molecule has 1 fully saturated rings. The van der Waals surface area contributed by atoms with E-state index < -0.39 is 0 Å². The monoisotopic (exact) mass is 263 g/mol. The van der Waals surface area contributed by atoms with Crippen LogP contribution >= 0.6 is 9.03 Å². The van der Waals surface area contributed by atoms with Gasteiger partial charge in [-0.3, -0.25) is 0 Å². The summed E-state index contributed by atoms with van der Waals surface area (Å²) in [6, 6.07) is 1.25. The van der Waals surface area contributed by atoms with Crippen LogP contribution in [-0.2, 0) is 9.05 Å². The predicted molar refractivity (Wildman–Crippen MR) is 76.7 cm³/mol. The summed E-state index contributed by atoms with van der Waals surface area (Å²) >= 11 is 0. The summed E-state index contributed by atoms with van der Waals surface area (Å²) in [4.78, 5) is 0. The third-order valence-electron chi connectivity index (χ3n) is 2.15. The van der Waals surface area contributed by atoms with E-state index in [1.54, 1.807) is 0 Å². The minimum atomic E-state index is 0.000193. The van der Waals surface area contributed by atoms with E-state index in [1.165, 1.54) is 0 Å². The summed E-state index contributed by atoms with van der Waals surface area (Å²) in [5, 5.41) is 3.31. The average molecular weight is 263 g/mol. The molecule has 1 N–H and O–H groups in total. The molecule has 4 heteroatoms. The number of rotatable bonds is 2. The fourth-order valence-corrected chi connectivity index (χ4v) is 2.65. The summed E-state index contributed by atoms with van der Waals surface area (Å²) in [7, 11) is 0.204. The van der Waals surface area contributed by atoms with Crippen molar-refractivity contribution >= 4 is 9.03 Å². The Kier molecular flexibility index (Phi) is 7.16. The molecule has 0 aromatic carbocycles. The Balaban J connectivity index is 0.000000325. The van der Waals surface area contributed by atoms with Crippen LogP contribution < -0.4 is 5.32 Å². The quantitative estimate of drug-likeness (QED) is 0.767. The van der Waals surface area contributed by atoms with Crippen molar-refractivity contribution in [1.82, 2.24) is 5.32 Å². The van der Waals surface area contributed by atoms with Crippen LogP contribution in [-0.4, -0.2) is 23.3 Å². The molecular formula is C13H30NO2P. The standard InChI is InChI=1S/C7H15O2P.C6H15N/c1-6(2)5-7(3,4)9-10-8-6;1-5(2)7-6(3)4/h10H,5H2,1-4H3;5-7H,1-4H3. The summed E-state index contributed by atoms with van der Waals surface area (Å²) in [5.74, 6) is 0. The van der Waals surface area contributed by atoms with Crippen LogP contribution in [0, 0.1) is 0 Å². The number of hydrogen-bond donors (Lipinski definition) is 1. The van der Waals surface area contributed by atoms with Gasteiger partial charge < -0.3 is 14.4 Å². The zero-order valence-electron chi connectivity index (χ0n) is 12.7. The molecule has 1 rings (SSSR count). The molecule has 0 atom stereocenters. The molecule has 0 radical (unpaired) electrons. The molecular weight excluding hydrogens is 233 g/mol. The summed E-state index contributed by atoms with van der Waals surface area (Å²) in [5.41, 5.74) is 0.000386. The molecule has 1 saturated heterocycles. The van der Waals surface area contributed by atoms with Gasteiger partial charge in [-0.1, -0.05) is 27.7 Å². The van der Waals surface area contributed by atoms with Gasteiger partial charge in [0.25, 0.3) is 0 Å². The Hall–Kier alpha value is 0.310. The molecule has 104 valence electrons. The second-order valence-corrected chi connectivity index (χ2v) is 7.03. The van der Waals surface area contributed by atoms with Crippen molar-refractivity contribution in [1.29, 1.82) is 0 Å². The summed E-state index contributed by atoms with van der Waals surface area (Å²) < 4.78 is 10.8. The van der Waals surface area contributed by atoms with Gasteiger partial charge in [-0.15, -0.1) is 0 Å².